The van der Waals surface area contributed by atoms with Gasteiger partial charge in [0.25, 0.3) is 0 Å². The van der Waals surface area contributed by atoms with Crippen LogP contribution in [0.25, 0.3) is 0 Å². The topological polar surface area (TPSA) is 59.8 Å². The molecule has 0 amide bonds. The van der Waals surface area contributed by atoms with E-state index >= 15 is 0 Å². The summed E-state index contributed by atoms with van der Waals surface area (Å²) in [5.74, 6) is -0.275. The Balaban J connectivity index is 1.96. The van der Waals surface area contributed by atoms with Crippen molar-refractivity contribution >= 4 is 11.4 Å². The van der Waals surface area contributed by atoms with Gasteiger partial charge in [0.2, 0.25) is 0 Å². The first kappa shape index (κ1) is 14.9. The van der Waals surface area contributed by atoms with E-state index < -0.39 is 5.82 Å². The Bertz CT molecular complexity index is 456. The Labute approximate surface area is 118 Å². The summed E-state index contributed by atoms with van der Waals surface area (Å²) in [5, 5.41) is 3.21. The number of ether oxygens (including phenoxy) is 2. The molecule has 1 aliphatic rings. The van der Waals surface area contributed by atoms with Crippen LogP contribution >= 0.6 is 0 Å². The molecule has 0 saturated carbocycles. The summed E-state index contributed by atoms with van der Waals surface area (Å²) in [5.41, 5.74) is 6.84. The molecule has 0 bridgehead atoms. The van der Waals surface area contributed by atoms with Crippen LogP contribution in [0.3, 0.4) is 0 Å². The number of nitrogens with two attached hydrogens (primary N) is 1. The first-order valence-corrected chi connectivity index (χ1v) is 6.84. The number of benzene rings is 1. The molecule has 0 spiro atoms. The number of anilines is 2. The minimum absolute atomic E-state index is 0.110. The predicted molar refractivity (Wildman–Crippen MR) is 77.7 cm³/mol. The predicted octanol–water partition coefficient (Wildman–Crippen LogP) is 1.55. The highest BCUT2D eigenvalue weighted by molar-refractivity contribution is 5.68. The third-order valence-electron chi connectivity index (χ3n) is 3.51. The number of morpholine rings is 1. The summed E-state index contributed by atoms with van der Waals surface area (Å²) >= 11 is 0. The molecule has 1 unspecified atom stereocenters. The number of methoxy groups -OCH3 is 1. The number of nitrogens with one attached hydrogen (secondary N) is 1. The molecule has 1 heterocycles. The summed E-state index contributed by atoms with van der Waals surface area (Å²) in [4.78, 5) is 2.34. The van der Waals surface area contributed by atoms with E-state index in [0.717, 1.165) is 26.2 Å². The van der Waals surface area contributed by atoms with Gasteiger partial charge in [-0.25, -0.2) is 4.39 Å². The number of likely N-dealkylation sites (N-methyl/N-ethyl adjacent to an activating group) is 1. The van der Waals surface area contributed by atoms with Crippen molar-refractivity contribution < 1.29 is 13.9 Å². The zero-order valence-electron chi connectivity index (χ0n) is 12.0. The molecular formula is C14H22FN3O2. The molecule has 1 atom stereocenters. The lowest BCUT2D eigenvalue weighted by molar-refractivity contribution is -0.0191. The molecule has 1 aliphatic heterocycles. The van der Waals surface area contributed by atoms with Crippen molar-refractivity contribution in [1.29, 1.82) is 0 Å². The molecule has 112 valence electrons. The van der Waals surface area contributed by atoms with Crippen LogP contribution in [-0.2, 0) is 4.74 Å². The Morgan fingerprint density at radius 2 is 2.35 bits per heavy atom. The molecule has 5 nitrogen and oxygen atoms in total. The van der Waals surface area contributed by atoms with Gasteiger partial charge in [-0.3, -0.25) is 4.90 Å². The van der Waals surface area contributed by atoms with E-state index in [1.54, 1.807) is 6.07 Å². The largest absolute Gasteiger partial charge is 0.494 e. The highest BCUT2D eigenvalue weighted by Crippen LogP contribution is 2.28. The van der Waals surface area contributed by atoms with Gasteiger partial charge in [0.05, 0.1) is 31.2 Å². The number of halogens is 1. The molecule has 0 aliphatic carbocycles. The number of hydrogen-bond donors (Lipinski definition) is 2. The smallest absolute Gasteiger partial charge is 0.167 e. The van der Waals surface area contributed by atoms with Gasteiger partial charge in [-0.1, -0.05) is 6.92 Å². The lowest BCUT2D eigenvalue weighted by Gasteiger charge is -2.32. The summed E-state index contributed by atoms with van der Waals surface area (Å²) < 4.78 is 24.1. The molecule has 3 N–H and O–H groups in total. The van der Waals surface area contributed by atoms with Crippen LogP contribution in [0.1, 0.15) is 6.92 Å². The Morgan fingerprint density at radius 3 is 3.05 bits per heavy atom. The van der Waals surface area contributed by atoms with Gasteiger partial charge < -0.3 is 20.5 Å². The second-order valence-corrected chi connectivity index (χ2v) is 4.84. The maximum Gasteiger partial charge on any atom is 0.167 e. The van der Waals surface area contributed by atoms with E-state index in [-0.39, 0.29) is 11.9 Å². The minimum Gasteiger partial charge on any atom is -0.494 e. The number of rotatable bonds is 5. The fourth-order valence-electron chi connectivity index (χ4n) is 2.29. The van der Waals surface area contributed by atoms with Gasteiger partial charge in [0, 0.05) is 31.8 Å². The highest BCUT2D eigenvalue weighted by atomic mass is 19.1. The molecule has 2 rings (SSSR count). The van der Waals surface area contributed by atoms with Crippen LogP contribution in [0.5, 0.6) is 5.75 Å². The zero-order valence-corrected chi connectivity index (χ0v) is 12.0. The van der Waals surface area contributed by atoms with Crippen LogP contribution < -0.4 is 15.8 Å². The summed E-state index contributed by atoms with van der Waals surface area (Å²) in [6.07, 6.45) is 0.110. The molecule has 1 aromatic rings. The van der Waals surface area contributed by atoms with Crippen LogP contribution in [0.4, 0.5) is 15.8 Å². The maximum atomic E-state index is 13.5. The lowest BCUT2D eigenvalue weighted by Crippen LogP contribution is -2.45. The third-order valence-corrected chi connectivity index (χ3v) is 3.51. The third kappa shape index (κ3) is 3.52. The minimum atomic E-state index is -0.457. The molecule has 0 radical (unpaired) electrons. The Kier molecular flexibility index (Phi) is 5.03. The molecule has 1 saturated heterocycles. The number of nitrogen functional groups attached to an aromatic ring is 1. The fraction of sp³-hybridized carbons (Fsp3) is 0.571. The average Bonchev–Trinajstić information content (AvgIpc) is 2.46. The summed E-state index contributed by atoms with van der Waals surface area (Å²) in [7, 11) is 1.43. The van der Waals surface area contributed by atoms with Gasteiger partial charge in [0.1, 0.15) is 0 Å². The number of hydrogen-bond acceptors (Lipinski definition) is 5. The Hall–Kier alpha value is -1.53. The van der Waals surface area contributed by atoms with Gasteiger partial charge in [-0.05, 0) is 6.54 Å². The van der Waals surface area contributed by atoms with E-state index in [9.17, 15) is 4.39 Å². The standard InChI is InChI=1S/C14H22FN3O2/c1-3-18-4-5-20-10(9-18)8-17-13-7-14(19-2)11(15)6-12(13)16/h6-7,10,17H,3-5,8-9,16H2,1-2H3. The summed E-state index contributed by atoms with van der Waals surface area (Å²) in [6.45, 7) is 6.39. The van der Waals surface area contributed by atoms with Crippen LogP contribution in [-0.4, -0.2) is 50.9 Å². The quantitative estimate of drug-likeness (QED) is 0.803. The lowest BCUT2D eigenvalue weighted by atomic mass is 10.2. The number of nitrogens with zero attached hydrogens (tertiary/aromatic N) is 1. The van der Waals surface area contributed by atoms with E-state index in [1.807, 2.05) is 0 Å². The zero-order chi connectivity index (χ0) is 14.5. The molecule has 1 aromatic carbocycles. The van der Waals surface area contributed by atoms with E-state index in [0.29, 0.717) is 17.9 Å². The van der Waals surface area contributed by atoms with Crippen LogP contribution in [0, 0.1) is 5.82 Å². The molecule has 20 heavy (non-hydrogen) atoms. The normalized spacial score (nSPS) is 19.9. The summed E-state index contributed by atoms with van der Waals surface area (Å²) in [6, 6.07) is 2.84. The first-order chi connectivity index (χ1) is 9.63. The highest BCUT2D eigenvalue weighted by Gasteiger charge is 2.19. The van der Waals surface area contributed by atoms with Gasteiger partial charge in [-0.2, -0.15) is 0 Å². The molecule has 6 heteroatoms. The second-order valence-electron chi connectivity index (χ2n) is 4.84. The van der Waals surface area contributed by atoms with E-state index in [1.165, 1.54) is 13.2 Å². The maximum absolute atomic E-state index is 13.5. The molecule has 0 aromatic heterocycles. The van der Waals surface area contributed by atoms with Crippen molar-refractivity contribution in [2.75, 3.05) is 50.9 Å². The fourth-order valence-corrected chi connectivity index (χ4v) is 2.29. The van der Waals surface area contributed by atoms with Crippen molar-refractivity contribution in [3.8, 4) is 5.75 Å². The van der Waals surface area contributed by atoms with Gasteiger partial charge >= 0.3 is 0 Å². The van der Waals surface area contributed by atoms with E-state index in [4.69, 9.17) is 15.2 Å². The molecule has 1 fully saturated rings. The van der Waals surface area contributed by atoms with Crippen molar-refractivity contribution in [1.82, 2.24) is 4.90 Å². The van der Waals surface area contributed by atoms with Crippen LogP contribution in [0.2, 0.25) is 0 Å². The van der Waals surface area contributed by atoms with Crippen molar-refractivity contribution in [3.05, 3.63) is 17.9 Å². The monoisotopic (exact) mass is 283 g/mol. The van der Waals surface area contributed by atoms with Crippen LogP contribution in [0.15, 0.2) is 12.1 Å². The first-order valence-electron chi connectivity index (χ1n) is 6.84. The van der Waals surface area contributed by atoms with Crippen molar-refractivity contribution in [2.24, 2.45) is 0 Å². The Morgan fingerprint density at radius 1 is 1.55 bits per heavy atom. The van der Waals surface area contributed by atoms with Gasteiger partial charge in [0.15, 0.2) is 11.6 Å². The average molecular weight is 283 g/mol. The SMILES string of the molecule is CCN1CCOC(CNc2cc(OC)c(F)cc2N)C1. The van der Waals surface area contributed by atoms with Gasteiger partial charge in [-0.15, -0.1) is 0 Å². The second kappa shape index (κ2) is 6.76. The van der Waals surface area contributed by atoms with E-state index in [2.05, 4.69) is 17.1 Å². The van der Waals surface area contributed by atoms with Crippen molar-refractivity contribution in [3.63, 3.8) is 0 Å². The molecular weight excluding hydrogens is 261 g/mol. The van der Waals surface area contributed by atoms with Crippen molar-refractivity contribution in [2.45, 2.75) is 13.0 Å².